The number of nitrogens with one attached hydrogen (secondary N) is 2. The van der Waals surface area contributed by atoms with Crippen LogP contribution in [-0.2, 0) is 10.0 Å². The lowest BCUT2D eigenvalue weighted by Crippen LogP contribution is -2.27. The number of ether oxygens (including phenoxy) is 1. The first-order valence-electron chi connectivity index (χ1n) is 5.89. The molecule has 0 heterocycles. The van der Waals surface area contributed by atoms with Gasteiger partial charge in [-0.25, -0.2) is 13.1 Å². The highest BCUT2D eigenvalue weighted by molar-refractivity contribution is 7.89. The summed E-state index contributed by atoms with van der Waals surface area (Å²) < 4.78 is 31.3. The maximum Gasteiger partial charge on any atom is 0.293 e. The second-order valence-corrected chi connectivity index (χ2v) is 5.68. The summed E-state index contributed by atoms with van der Waals surface area (Å²) in [6.45, 7) is 0.847. The molecule has 0 amide bonds. The topological polar surface area (TPSA) is 111 Å². The lowest BCUT2D eigenvalue weighted by atomic mass is 10.3. The number of nitro benzene ring substituents is 1. The predicted molar refractivity (Wildman–Crippen MR) is 80.6 cm³/mol. The first-order chi connectivity index (χ1) is 9.42. The first kappa shape index (κ1) is 19.6. The molecule has 10 heteroatoms. The number of rotatable bonds is 8. The molecule has 0 saturated heterocycles. The number of hydrogen-bond acceptors (Lipinski definition) is 6. The Balaban J connectivity index is 0.00000400. The molecule has 2 N–H and O–H groups in total. The minimum absolute atomic E-state index is 0. The standard InChI is InChI=1S/C11H17N3O5S.ClH/c1-12-6-3-7-13-20(17,18)11-5-4-9(19-2)8-10(11)14(15)16;/h4-5,8,12-13H,3,6-7H2,1-2H3;1H. The third kappa shape index (κ3) is 5.46. The van der Waals surface area contributed by atoms with Gasteiger partial charge in [-0.3, -0.25) is 10.1 Å². The van der Waals surface area contributed by atoms with Crippen LogP contribution >= 0.6 is 12.4 Å². The Bertz CT molecular complexity index is 579. The molecule has 0 saturated carbocycles. The van der Waals surface area contributed by atoms with E-state index in [1.165, 1.54) is 13.2 Å². The van der Waals surface area contributed by atoms with E-state index in [9.17, 15) is 18.5 Å². The normalized spacial score (nSPS) is 10.8. The molecular formula is C11H18ClN3O5S. The van der Waals surface area contributed by atoms with Gasteiger partial charge in [-0.05, 0) is 32.1 Å². The fourth-order valence-electron chi connectivity index (χ4n) is 1.54. The number of methoxy groups -OCH3 is 1. The summed E-state index contributed by atoms with van der Waals surface area (Å²) >= 11 is 0. The average molecular weight is 340 g/mol. The summed E-state index contributed by atoms with van der Waals surface area (Å²) in [5.41, 5.74) is -0.509. The molecule has 0 radical (unpaired) electrons. The molecule has 8 nitrogen and oxygen atoms in total. The van der Waals surface area contributed by atoms with E-state index >= 15 is 0 Å². The minimum Gasteiger partial charge on any atom is -0.497 e. The van der Waals surface area contributed by atoms with E-state index in [4.69, 9.17) is 4.74 Å². The van der Waals surface area contributed by atoms with Crippen LogP contribution in [0.4, 0.5) is 5.69 Å². The number of nitro groups is 1. The van der Waals surface area contributed by atoms with E-state index in [1.54, 1.807) is 7.05 Å². The Kier molecular flexibility index (Phi) is 8.18. The Morgan fingerprint density at radius 1 is 1.33 bits per heavy atom. The van der Waals surface area contributed by atoms with E-state index < -0.39 is 20.6 Å². The summed E-state index contributed by atoms with van der Waals surface area (Å²) in [7, 11) is -0.813. The van der Waals surface area contributed by atoms with Gasteiger partial charge in [0.15, 0.2) is 4.90 Å². The molecule has 21 heavy (non-hydrogen) atoms. The van der Waals surface area contributed by atoms with Crippen molar-refractivity contribution in [2.75, 3.05) is 27.2 Å². The maximum absolute atomic E-state index is 12.0. The molecule has 0 bridgehead atoms. The van der Waals surface area contributed by atoms with Crippen LogP contribution in [0.5, 0.6) is 5.75 Å². The van der Waals surface area contributed by atoms with Crippen LogP contribution in [0.15, 0.2) is 23.1 Å². The summed E-state index contributed by atoms with van der Waals surface area (Å²) in [5.74, 6) is 0.228. The van der Waals surface area contributed by atoms with Crippen molar-refractivity contribution < 1.29 is 18.1 Å². The summed E-state index contributed by atoms with van der Waals surface area (Å²) in [5, 5.41) is 13.8. The highest BCUT2D eigenvalue weighted by Crippen LogP contribution is 2.28. The first-order valence-corrected chi connectivity index (χ1v) is 7.37. The molecular weight excluding hydrogens is 322 g/mol. The zero-order valence-corrected chi connectivity index (χ0v) is 13.3. The summed E-state index contributed by atoms with van der Waals surface area (Å²) in [4.78, 5) is 9.85. The molecule has 0 atom stereocenters. The van der Waals surface area contributed by atoms with Crippen LogP contribution in [-0.4, -0.2) is 40.6 Å². The van der Waals surface area contributed by atoms with Crippen LogP contribution in [0.25, 0.3) is 0 Å². The Hall–Kier alpha value is -1.42. The van der Waals surface area contributed by atoms with Gasteiger partial charge in [0.05, 0.1) is 18.1 Å². The molecule has 1 aromatic carbocycles. The van der Waals surface area contributed by atoms with Crippen molar-refractivity contribution in [1.82, 2.24) is 10.0 Å². The van der Waals surface area contributed by atoms with Crippen LogP contribution in [0.3, 0.4) is 0 Å². The molecule has 0 spiro atoms. The second kappa shape index (κ2) is 8.78. The van der Waals surface area contributed by atoms with Gasteiger partial charge in [0.2, 0.25) is 10.0 Å². The van der Waals surface area contributed by atoms with E-state index in [1.807, 2.05) is 0 Å². The zero-order chi connectivity index (χ0) is 15.2. The highest BCUT2D eigenvalue weighted by atomic mass is 35.5. The molecule has 0 aromatic heterocycles. The number of hydrogen-bond donors (Lipinski definition) is 2. The van der Waals surface area contributed by atoms with Crippen LogP contribution < -0.4 is 14.8 Å². The van der Waals surface area contributed by atoms with Crippen molar-refractivity contribution in [2.24, 2.45) is 0 Å². The molecule has 0 aliphatic rings. The largest absolute Gasteiger partial charge is 0.497 e. The second-order valence-electron chi connectivity index (χ2n) is 3.95. The molecule has 0 fully saturated rings. The fourth-order valence-corrected chi connectivity index (χ4v) is 2.77. The van der Waals surface area contributed by atoms with Crippen molar-refractivity contribution in [1.29, 1.82) is 0 Å². The molecule has 1 aromatic rings. The van der Waals surface area contributed by atoms with Gasteiger partial charge in [0.1, 0.15) is 5.75 Å². The van der Waals surface area contributed by atoms with E-state index in [0.717, 1.165) is 12.1 Å². The van der Waals surface area contributed by atoms with E-state index in [-0.39, 0.29) is 29.6 Å². The van der Waals surface area contributed by atoms with Crippen LogP contribution in [0, 0.1) is 10.1 Å². The predicted octanol–water partition coefficient (Wildman–Crippen LogP) is 0.913. The molecule has 120 valence electrons. The Labute approximate surface area is 129 Å². The van der Waals surface area contributed by atoms with Gasteiger partial charge in [-0.2, -0.15) is 0 Å². The lowest BCUT2D eigenvalue weighted by molar-refractivity contribution is -0.387. The van der Waals surface area contributed by atoms with Gasteiger partial charge in [-0.15, -0.1) is 12.4 Å². The monoisotopic (exact) mass is 339 g/mol. The average Bonchev–Trinajstić information content (AvgIpc) is 2.42. The Morgan fingerprint density at radius 2 is 2.00 bits per heavy atom. The van der Waals surface area contributed by atoms with Gasteiger partial charge >= 0.3 is 0 Å². The smallest absolute Gasteiger partial charge is 0.293 e. The number of sulfonamides is 1. The van der Waals surface area contributed by atoms with Crippen molar-refractivity contribution in [2.45, 2.75) is 11.3 Å². The van der Waals surface area contributed by atoms with E-state index in [2.05, 4.69) is 10.0 Å². The van der Waals surface area contributed by atoms with E-state index in [0.29, 0.717) is 13.0 Å². The SMILES string of the molecule is CNCCCNS(=O)(=O)c1ccc(OC)cc1[N+](=O)[O-].Cl. The van der Waals surface area contributed by atoms with Crippen LogP contribution in [0.1, 0.15) is 6.42 Å². The molecule has 0 aliphatic heterocycles. The zero-order valence-electron chi connectivity index (χ0n) is 11.7. The third-order valence-electron chi connectivity index (χ3n) is 2.55. The van der Waals surface area contributed by atoms with Gasteiger partial charge < -0.3 is 10.1 Å². The van der Waals surface area contributed by atoms with Crippen molar-refractivity contribution in [3.63, 3.8) is 0 Å². The van der Waals surface area contributed by atoms with Gasteiger partial charge in [-0.1, -0.05) is 0 Å². The number of halogens is 1. The van der Waals surface area contributed by atoms with Gasteiger partial charge in [0.25, 0.3) is 5.69 Å². The highest BCUT2D eigenvalue weighted by Gasteiger charge is 2.25. The third-order valence-corrected chi connectivity index (χ3v) is 4.06. The Morgan fingerprint density at radius 3 is 2.52 bits per heavy atom. The quantitative estimate of drug-likeness (QED) is 0.414. The summed E-state index contributed by atoms with van der Waals surface area (Å²) in [6, 6.07) is 3.62. The summed E-state index contributed by atoms with van der Waals surface area (Å²) in [6.07, 6.45) is 0.583. The van der Waals surface area contributed by atoms with Crippen molar-refractivity contribution in [3.05, 3.63) is 28.3 Å². The number of nitrogens with zero attached hydrogens (tertiary/aromatic N) is 1. The van der Waals surface area contributed by atoms with Crippen molar-refractivity contribution >= 4 is 28.1 Å². The number of benzene rings is 1. The lowest BCUT2D eigenvalue weighted by Gasteiger charge is -2.08. The molecule has 0 aliphatic carbocycles. The maximum atomic E-state index is 12.0. The molecule has 0 unspecified atom stereocenters. The minimum atomic E-state index is -3.92. The van der Waals surface area contributed by atoms with Crippen molar-refractivity contribution in [3.8, 4) is 5.75 Å². The fraction of sp³-hybridized carbons (Fsp3) is 0.455. The van der Waals surface area contributed by atoms with Crippen LogP contribution in [0.2, 0.25) is 0 Å². The van der Waals surface area contributed by atoms with Gasteiger partial charge in [0, 0.05) is 6.54 Å². The molecule has 1 rings (SSSR count).